The summed E-state index contributed by atoms with van der Waals surface area (Å²) in [5, 5.41) is 5.41. The van der Waals surface area contributed by atoms with E-state index in [2.05, 4.69) is 10.6 Å². The third-order valence-corrected chi connectivity index (χ3v) is 5.45. The molecule has 6 nitrogen and oxygen atoms in total. The van der Waals surface area contributed by atoms with Gasteiger partial charge in [0.15, 0.2) is 0 Å². The fraction of sp³-hybridized carbons (Fsp3) is 0.278. The highest BCUT2D eigenvalue weighted by atomic mass is 32.1. The summed E-state index contributed by atoms with van der Waals surface area (Å²) in [7, 11) is 0. The Balaban J connectivity index is 1.93. The van der Waals surface area contributed by atoms with Crippen molar-refractivity contribution in [2.75, 3.05) is 5.32 Å². The van der Waals surface area contributed by atoms with Crippen LogP contribution in [0.5, 0.6) is 0 Å². The maximum atomic E-state index is 12.6. The Bertz CT molecular complexity index is 886. The van der Waals surface area contributed by atoms with Gasteiger partial charge in [0.1, 0.15) is 5.00 Å². The molecular formula is C18H19N3O3S. The number of amides is 4. The molecule has 4 N–H and O–H groups in total. The number of carbonyl (C=O) groups is 3. The summed E-state index contributed by atoms with van der Waals surface area (Å²) in [6.45, 7) is 3.84. The fourth-order valence-electron chi connectivity index (χ4n) is 3.15. The number of aryl methyl sites for hydroxylation is 3. The molecule has 0 radical (unpaired) electrons. The van der Waals surface area contributed by atoms with Crippen molar-refractivity contribution in [3.63, 3.8) is 0 Å². The summed E-state index contributed by atoms with van der Waals surface area (Å²) in [6.07, 6.45) is 2.59. The van der Waals surface area contributed by atoms with Crippen LogP contribution < -0.4 is 16.4 Å². The number of hydrogen-bond donors (Lipinski definition) is 3. The van der Waals surface area contributed by atoms with E-state index < -0.39 is 11.9 Å². The zero-order valence-corrected chi connectivity index (χ0v) is 14.9. The first-order valence-corrected chi connectivity index (χ1v) is 8.82. The van der Waals surface area contributed by atoms with Crippen LogP contribution in [0.3, 0.4) is 0 Å². The third kappa shape index (κ3) is 3.41. The molecule has 0 aliphatic heterocycles. The molecule has 1 aromatic carbocycles. The van der Waals surface area contributed by atoms with Gasteiger partial charge in [-0.2, -0.15) is 0 Å². The first kappa shape index (κ1) is 17.2. The maximum absolute atomic E-state index is 12.6. The summed E-state index contributed by atoms with van der Waals surface area (Å²) in [5.74, 6) is -0.839. The maximum Gasteiger partial charge on any atom is 0.319 e. The summed E-state index contributed by atoms with van der Waals surface area (Å²) < 4.78 is 0. The van der Waals surface area contributed by atoms with E-state index in [9.17, 15) is 14.4 Å². The topological polar surface area (TPSA) is 101 Å². The Morgan fingerprint density at radius 3 is 2.56 bits per heavy atom. The van der Waals surface area contributed by atoms with E-state index in [1.54, 1.807) is 6.07 Å². The van der Waals surface area contributed by atoms with E-state index in [-0.39, 0.29) is 5.91 Å². The van der Waals surface area contributed by atoms with E-state index >= 15 is 0 Å². The number of rotatable bonds is 3. The molecule has 0 bridgehead atoms. The van der Waals surface area contributed by atoms with Gasteiger partial charge in [-0.15, -0.1) is 11.3 Å². The molecule has 0 saturated carbocycles. The average molecular weight is 357 g/mol. The Hall–Kier alpha value is -2.67. The second-order valence-corrected chi connectivity index (χ2v) is 7.26. The van der Waals surface area contributed by atoms with Gasteiger partial charge >= 0.3 is 6.03 Å². The van der Waals surface area contributed by atoms with Gasteiger partial charge in [-0.05, 0) is 50.3 Å². The molecule has 1 heterocycles. The molecule has 1 aliphatic carbocycles. The SMILES string of the molecule is Cc1ccc(C(=O)Nc2sc3c(c2C(=O)NC(N)=O)CCC3)c(C)c1. The van der Waals surface area contributed by atoms with Crippen molar-refractivity contribution >= 4 is 34.2 Å². The van der Waals surface area contributed by atoms with Crippen LogP contribution in [-0.4, -0.2) is 17.8 Å². The first-order chi connectivity index (χ1) is 11.9. The molecule has 0 saturated heterocycles. The highest BCUT2D eigenvalue weighted by Crippen LogP contribution is 2.39. The van der Waals surface area contributed by atoms with Crippen molar-refractivity contribution in [2.24, 2.45) is 5.73 Å². The molecule has 1 aromatic heterocycles. The lowest BCUT2D eigenvalue weighted by Crippen LogP contribution is -2.35. The number of urea groups is 1. The van der Waals surface area contributed by atoms with Crippen molar-refractivity contribution in [3.8, 4) is 0 Å². The lowest BCUT2D eigenvalue weighted by molar-refractivity contribution is 0.0966. The summed E-state index contributed by atoms with van der Waals surface area (Å²) in [5.41, 5.74) is 8.82. The number of benzene rings is 1. The molecule has 0 unspecified atom stereocenters. The van der Waals surface area contributed by atoms with Gasteiger partial charge in [-0.25, -0.2) is 4.79 Å². The second-order valence-electron chi connectivity index (χ2n) is 6.15. The monoisotopic (exact) mass is 357 g/mol. The molecule has 7 heteroatoms. The molecule has 3 rings (SSSR count). The van der Waals surface area contributed by atoms with E-state index in [1.165, 1.54) is 11.3 Å². The fourth-order valence-corrected chi connectivity index (χ4v) is 4.43. The molecule has 2 aromatic rings. The Morgan fingerprint density at radius 1 is 1.12 bits per heavy atom. The number of fused-ring (bicyclic) bond motifs is 1. The van der Waals surface area contributed by atoms with Gasteiger partial charge in [0.25, 0.3) is 11.8 Å². The number of nitrogens with two attached hydrogens (primary N) is 1. The van der Waals surface area contributed by atoms with Crippen LogP contribution in [-0.2, 0) is 12.8 Å². The van der Waals surface area contributed by atoms with Crippen molar-refractivity contribution in [3.05, 3.63) is 50.9 Å². The standard InChI is InChI=1S/C18H19N3O3S/c1-9-6-7-11(10(2)8-9)15(22)20-17-14(16(23)21-18(19)24)12-4-3-5-13(12)25-17/h6-8H,3-5H2,1-2H3,(H,20,22)(H3,19,21,23,24). The predicted octanol–water partition coefficient (Wildman–Crippen LogP) is 2.91. The van der Waals surface area contributed by atoms with Gasteiger partial charge in [0, 0.05) is 10.4 Å². The van der Waals surface area contributed by atoms with Gasteiger partial charge in [0.2, 0.25) is 0 Å². The van der Waals surface area contributed by atoms with Crippen LogP contribution >= 0.6 is 11.3 Å². The Morgan fingerprint density at radius 2 is 1.88 bits per heavy atom. The van der Waals surface area contributed by atoms with Gasteiger partial charge in [-0.1, -0.05) is 17.7 Å². The zero-order chi connectivity index (χ0) is 18.1. The van der Waals surface area contributed by atoms with Crippen molar-refractivity contribution in [2.45, 2.75) is 33.1 Å². The summed E-state index contributed by atoms with van der Waals surface area (Å²) >= 11 is 1.39. The molecule has 1 aliphatic rings. The molecule has 4 amide bonds. The van der Waals surface area contributed by atoms with Gasteiger partial charge < -0.3 is 11.1 Å². The number of hydrogen-bond acceptors (Lipinski definition) is 4. The highest BCUT2D eigenvalue weighted by Gasteiger charge is 2.28. The predicted molar refractivity (Wildman–Crippen MR) is 97.3 cm³/mol. The lowest BCUT2D eigenvalue weighted by Gasteiger charge is -2.10. The Labute approximate surface area is 149 Å². The van der Waals surface area contributed by atoms with Crippen molar-refractivity contribution in [1.29, 1.82) is 0 Å². The molecule has 130 valence electrons. The van der Waals surface area contributed by atoms with Gasteiger partial charge in [-0.3, -0.25) is 14.9 Å². The van der Waals surface area contributed by atoms with Crippen molar-refractivity contribution in [1.82, 2.24) is 5.32 Å². The average Bonchev–Trinajstić information content (AvgIpc) is 3.06. The zero-order valence-electron chi connectivity index (χ0n) is 14.1. The molecule has 0 atom stereocenters. The van der Waals surface area contributed by atoms with E-state index in [0.29, 0.717) is 16.1 Å². The minimum Gasteiger partial charge on any atom is -0.351 e. The van der Waals surface area contributed by atoms with Crippen molar-refractivity contribution < 1.29 is 14.4 Å². The number of anilines is 1. The molecule has 0 fully saturated rings. The quantitative estimate of drug-likeness (QED) is 0.787. The van der Waals surface area contributed by atoms with Crippen LogP contribution in [0, 0.1) is 13.8 Å². The minimum atomic E-state index is -0.908. The highest BCUT2D eigenvalue weighted by molar-refractivity contribution is 7.17. The third-order valence-electron chi connectivity index (χ3n) is 4.24. The number of thiophene rings is 1. The normalized spacial score (nSPS) is 12.6. The van der Waals surface area contributed by atoms with E-state index in [1.807, 2.05) is 26.0 Å². The molecular weight excluding hydrogens is 338 g/mol. The number of nitrogens with one attached hydrogen (secondary N) is 2. The molecule has 25 heavy (non-hydrogen) atoms. The van der Waals surface area contributed by atoms with Crippen LogP contribution in [0.2, 0.25) is 0 Å². The van der Waals surface area contributed by atoms with Gasteiger partial charge in [0.05, 0.1) is 5.56 Å². The number of primary amides is 1. The van der Waals surface area contributed by atoms with Crippen LogP contribution in [0.25, 0.3) is 0 Å². The van der Waals surface area contributed by atoms with Crippen LogP contribution in [0.1, 0.15) is 48.7 Å². The number of carbonyl (C=O) groups excluding carboxylic acids is 3. The second kappa shape index (κ2) is 6.68. The van der Waals surface area contributed by atoms with Crippen LogP contribution in [0.4, 0.5) is 9.80 Å². The minimum absolute atomic E-state index is 0.273. The Kier molecular flexibility index (Phi) is 4.59. The summed E-state index contributed by atoms with van der Waals surface area (Å²) in [4.78, 5) is 37.1. The van der Waals surface area contributed by atoms with Crippen LogP contribution in [0.15, 0.2) is 18.2 Å². The largest absolute Gasteiger partial charge is 0.351 e. The lowest BCUT2D eigenvalue weighted by atomic mass is 10.1. The van der Waals surface area contributed by atoms with E-state index in [0.717, 1.165) is 40.8 Å². The van der Waals surface area contributed by atoms with E-state index in [4.69, 9.17) is 5.73 Å². The molecule has 0 spiro atoms. The first-order valence-electron chi connectivity index (χ1n) is 8.00. The number of imide groups is 1. The summed E-state index contributed by atoms with van der Waals surface area (Å²) in [6, 6.07) is 4.67. The smallest absolute Gasteiger partial charge is 0.319 e.